The minimum absolute atomic E-state index is 0.00180. The van der Waals surface area contributed by atoms with E-state index in [0.717, 1.165) is 11.8 Å². The van der Waals surface area contributed by atoms with Gasteiger partial charge in [0.05, 0.1) is 11.4 Å². The SMILES string of the molecule is Cn1nnnc1SCC(=O)Nc1ccccc1OCC(F)(F)F. The number of hydrogen-bond acceptors (Lipinski definition) is 6. The minimum Gasteiger partial charge on any atom is -0.482 e. The van der Waals surface area contributed by atoms with Crippen LogP contribution in [0.1, 0.15) is 0 Å². The highest BCUT2D eigenvalue weighted by molar-refractivity contribution is 7.99. The van der Waals surface area contributed by atoms with Gasteiger partial charge in [-0.1, -0.05) is 23.9 Å². The Labute approximate surface area is 133 Å². The molecule has 0 spiro atoms. The van der Waals surface area contributed by atoms with Crippen LogP contribution in [0.3, 0.4) is 0 Å². The number of para-hydroxylation sites is 2. The van der Waals surface area contributed by atoms with Crippen LogP contribution in [0.25, 0.3) is 0 Å². The largest absolute Gasteiger partial charge is 0.482 e. The van der Waals surface area contributed by atoms with E-state index in [4.69, 9.17) is 0 Å². The number of ether oxygens (including phenoxy) is 1. The Hall–Kier alpha value is -2.30. The molecule has 124 valence electrons. The molecule has 0 unspecified atom stereocenters. The van der Waals surface area contributed by atoms with Crippen LogP contribution in [-0.2, 0) is 11.8 Å². The number of alkyl halides is 3. The molecule has 7 nitrogen and oxygen atoms in total. The molecule has 0 aliphatic rings. The molecule has 0 atom stereocenters. The molecule has 2 aromatic rings. The molecule has 1 aromatic carbocycles. The highest BCUT2D eigenvalue weighted by Crippen LogP contribution is 2.26. The summed E-state index contributed by atoms with van der Waals surface area (Å²) in [6, 6.07) is 5.90. The van der Waals surface area contributed by atoms with Crippen LogP contribution in [0.2, 0.25) is 0 Å². The molecule has 0 saturated heterocycles. The second kappa shape index (κ2) is 7.31. The number of nitrogens with zero attached hydrogens (tertiary/aromatic N) is 4. The second-order valence-electron chi connectivity index (χ2n) is 4.32. The van der Waals surface area contributed by atoms with Crippen molar-refractivity contribution < 1.29 is 22.7 Å². The van der Waals surface area contributed by atoms with Crippen molar-refractivity contribution in [1.82, 2.24) is 20.2 Å². The quantitative estimate of drug-likeness (QED) is 0.804. The number of amides is 1. The number of benzene rings is 1. The van der Waals surface area contributed by atoms with Gasteiger partial charge in [0.15, 0.2) is 6.61 Å². The molecule has 0 bridgehead atoms. The molecule has 0 saturated carbocycles. The van der Waals surface area contributed by atoms with Gasteiger partial charge in [-0.15, -0.1) is 5.10 Å². The number of aryl methyl sites for hydroxylation is 1. The van der Waals surface area contributed by atoms with Gasteiger partial charge in [0.2, 0.25) is 11.1 Å². The fraction of sp³-hybridized carbons (Fsp3) is 0.333. The van der Waals surface area contributed by atoms with Crippen LogP contribution in [0.4, 0.5) is 18.9 Å². The summed E-state index contributed by atoms with van der Waals surface area (Å²) in [5.74, 6) is -0.466. The van der Waals surface area contributed by atoms with Gasteiger partial charge in [-0.25, -0.2) is 4.68 Å². The molecule has 1 N–H and O–H groups in total. The Balaban J connectivity index is 1.94. The topological polar surface area (TPSA) is 81.9 Å². The molecule has 1 amide bonds. The van der Waals surface area contributed by atoms with E-state index in [0.29, 0.717) is 5.16 Å². The number of aromatic nitrogens is 4. The summed E-state index contributed by atoms with van der Waals surface area (Å²) in [5.41, 5.74) is 0.165. The van der Waals surface area contributed by atoms with Gasteiger partial charge in [0, 0.05) is 7.05 Å². The van der Waals surface area contributed by atoms with Gasteiger partial charge < -0.3 is 10.1 Å². The number of anilines is 1. The average Bonchev–Trinajstić information content (AvgIpc) is 2.89. The zero-order valence-electron chi connectivity index (χ0n) is 11.9. The van der Waals surface area contributed by atoms with E-state index in [1.807, 2.05) is 0 Å². The molecule has 1 heterocycles. The number of tetrazole rings is 1. The number of hydrogen-bond donors (Lipinski definition) is 1. The molecule has 0 aliphatic carbocycles. The third-order valence-corrected chi connectivity index (χ3v) is 3.48. The summed E-state index contributed by atoms with van der Waals surface area (Å²) in [6.45, 7) is -1.43. The van der Waals surface area contributed by atoms with Crippen molar-refractivity contribution in [1.29, 1.82) is 0 Å². The van der Waals surface area contributed by atoms with Gasteiger partial charge >= 0.3 is 6.18 Å². The first-order valence-electron chi connectivity index (χ1n) is 6.29. The van der Waals surface area contributed by atoms with Crippen molar-refractivity contribution in [2.24, 2.45) is 7.05 Å². The van der Waals surface area contributed by atoms with Gasteiger partial charge in [-0.2, -0.15) is 13.2 Å². The van der Waals surface area contributed by atoms with Crippen LogP contribution in [0.5, 0.6) is 5.75 Å². The summed E-state index contributed by atoms with van der Waals surface area (Å²) < 4.78 is 42.7. The lowest BCUT2D eigenvalue weighted by atomic mass is 10.3. The molecule has 2 rings (SSSR count). The minimum atomic E-state index is -4.45. The van der Waals surface area contributed by atoms with Crippen LogP contribution < -0.4 is 10.1 Å². The van der Waals surface area contributed by atoms with E-state index in [9.17, 15) is 18.0 Å². The smallest absolute Gasteiger partial charge is 0.422 e. The van der Waals surface area contributed by atoms with E-state index in [1.165, 1.54) is 22.9 Å². The third kappa shape index (κ3) is 5.43. The first-order valence-corrected chi connectivity index (χ1v) is 7.27. The predicted molar refractivity (Wildman–Crippen MR) is 76.1 cm³/mol. The number of carbonyl (C=O) groups is 1. The molecule has 0 fully saturated rings. The first-order chi connectivity index (χ1) is 10.8. The van der Waals surface area contributed by atoms with E-state index < -0.39 is 18.7 Å². The summed E-state index contributed by atoms with van der Waals surface area (Å²) in [6.07, 6.45) is -4.45. The van der Waals surface area contributed by atoms with Gasteiger partial charge in [-0.05, 0) is 22.6 Å². The van der Waals surface area contributed by atoms with E-state index in [1.54, 1.807) is 13.1 Å². The van der Waals surface area contributed by atoms with Crippen LogP contribution in [0, 0.1) is 0 Å². The number of thioether (sulfide) groups is 1. The number of halogens is 3. The summed E-state index contributed by atoms with van der Waals surface area (Å²) in [5, 5.41) is 13.7. The van der Waals surface area contributed by atoms with Crippen molar-refractivity contribution in [2.45, 2.75) is 11.3 Å². The Bertz CT molecular complexity index is 677. The van der Waals surface area contributed by atoms with Gasteiger partial charge in [0.1, 0.15) is 5.75 Å². The lowest BCUT2D eigenvalue weighted by Gasteiger charge is -2.13. The number of rotatable bonds is 6. The fourth-order valence-corrected chi connectivity index (χ4v) is 2.17. The lowest BCUT2D eigenvalue weighted by Crippen LogP contribution is -2.20. The highest BCUT2D eigenvalue weighted by atomic mass is 32.2. The Morgan fingerprint density at radius 1 is 1.39 bits per heavy atom. The lowest BCUT2D eigenvalue weighted by molar-refractivity contribution is -0.153. The molecular weight excluding hydrogens is 335 g/mol. The standard InChI is InChI=1S/C12H12F3N5O2S/c1-20-11(17-18-19-20)23-6-10(21)16-8-4-2-3-5-9(8)22-7-12(13,14)15/h2-5H,6-7H2,1H3,(H,16,21). The highest BCUT2D eigenvalue weighted by Gasteiger charge is 2.28. The molecule has 11 heteroatoms. The summed E-state index contributed by atoms with van der Waals surface area (Å²) in [4.78, 5) is 11.9. The van der Waals surface area contributed by atoms with E-state index in [2.05, 4.69) is 25.6 Å². The Morgan fingerprint density at radius 3 is 2.78 bits per heavy atom. The Morgan fingerprint density at radius 2 is 2.13 bits per heavy atom. The van der Waals surface area contributed by atoms with E-state index >= 15 is 0 Å². The van der Waals surface area contributed by atoms with Gasteiger partial charge in [0.25, 0.3) is 0 Å². The number of carbonyl (C=O) groups excluding carboxylic acids is 1. The average molecular weight is 347 g/mol. The zero-order chi connectivity index (χ0) is 16.9. The van der Waals surface area contributed by atoms with Crippen molar-refractivity contribution in [3.8, 4) is 5.75 Å². The van der Waals surface area contributed by atoms with Crippen LogP contribution in [-0.4, -0.2) is 44.7 Å². The van der Waals surface area contributed by atoms with Crippen molar-refractivity contribution >= 4 is 23.4 Å². The molecular formula is C12H12F3N5O2S. The predicted octanol–water partition coefficient (Wildman–Crippen LogP) is 1.88. The van der Waals surface area contributed by atoms with Crippen molar-refractivity contribution in [3.63, 3.8) is 0 Å². The maximum atomic E-state index is 12.2. The maximum absolute atomic E-state index is 12.2. The van der Waals surface area contributed by atoms with Gasteiger partial charge in [-0.3, -0.25) is 4.79 Å². The maximum Gasteiger partial charge on any atom is 0.422 e. The normalized spacial score (nSPS) is 11.3. The first kappa shape index (κ1) is 17.1. The molecule has 1 aromatic heterocycles. The summed E-state index contributed by atoms with van der Waals surface area (Å²) in [7, 11) is 1.63. The molecule has 0 radical (unpaired) electrons. The molecule has 0 aliphatic heterocycles. The number of nitrogens with one attached hydrogen (secondary N) is 1. The Kier molecular flexibility index (Phi) is 5.42. The fourth-order valence-electron chi connectivity index (χ4n) is 1.52. The van der Waals surface area contributed by atoms with Crippen LogP contribution >= 0.6 is 11.8 Å². The summed E-state index contributed by atoms with van der Waals surface area (Å²) >= 11 is 1.10. The van der Waals surface area contributed by atoms with Crippen molar-refractivity contribution in [3.05, 3.63) is 24.3 Å². The molecule has 23 heavy (non-hydrogen) atoms. The second-order valence-corrected chi connectivity index (χ2v) is 5.26. The third-order valence-electron chi connectivity index (χ3n) is 2.47. The van der Waals surface area contributed by atoms with Crippen molar-refractivity contribution in [2.75, 3.05) is 17.7 Å². The monoisotopic (exact) mass is 347 g/mol. The zero-order valence-corrected chi connectivity index (χ0v) is 12.7. The van der Waals surface area contributed by atoms with E-state index in [-0.39, 0.29) is 17.2 Å². The van der Waals surface area contributed by atoms with Crippen LogP contribution in [0.15, 0.2) is 29.4 Å².